The first-order valence-electron chi connectivity index (χ1n) is 8.84. The Bertz CT molecular complexity index is 781. The topological polar surface area (TPSA) is 74.3 Å². The number of aromatic nitrogens is 1. The smallest absolute Gasteiger partial charge is 0.319 e. The van der Waals surface area contributed by atoms with E-state index in [0.29, 0.717) is 18.7 Å². The number of nitrogens with one attached hydrogen (secondary N) is 2. The molecule has 1 fully saturated rings. The maximum atomic E-state index is 12.0. The van der Waals surface area contributed by atoms with Crippen molar-refractivity contribution in [3.63, 3.8) is 0 Å². The van der Waals surface area contributed by atoms with Crippen LogP contribution in [0.2, 0.25) is 0 Å². The van der Waals surface area contributed by atoms with Gasteiger partial charge in [-0.15, -0.1) is 11.3 Å². The van der Waals surface area contributed by atoms with Gasteiger partial charge < -0.3 is 15.5 Å². The average molecular weight is 372 g/mol. The Kier molecular flexibility index (Phi) is 5.56. The van der Waals surface area contributed by atoms with Gasteiger partial charge in [-0.25, -0.2) is 9.78 Å². The van der Waals surface area contributed by atoms with E-state index in [9.17, 15) is 9.59 Å². The van der Waals surface area contributed by atoms with E-state index in [1.807, 2.05) is 36.1 Å². The first-order chi connectivity index (χ1) is 12.4. The van der Waals surface area contributed by atoms with Gasteiger partial charge in [0.05, 0.1) is 10.7 Å². The standard InChI is InChI=1S/C19H24N4O2S/c1-12-4-9-18(24)23(12)16-7-5-15(6-8-16)22-19(25)20-11-10-17-21-13(2)14(3)26-17/h5-8,12H,4,9-11H2,1-3H3,(H2,20,22,25)/t12-/m1/s1. The number of nitrogens with zero attached hydrogens (tertiary/aromatic N) is 2. The Morgan fingerprint density at radius 3 is 2.62 bits per heavy atom. The highest BCUT2D eigenvalue weighted by Crippen LogP contribution is 2.27. The molecule has 26 heavy (non-hydrogen) atoms. The SMILES string of the molecule is Cc1nc(CCNC(=O)Nc2ccc(N3C(=O)CC[C@H]3C)cc2)sc1C. The lowest BCUT2D eigenvalue weighted by Gasteiger charge is -2.22. The second-order valence-corrected chi connectivity index (χ2v) is 7.87. The third-order valence-electron chi connectivity index (χ3n) is 4.59. The molecule has 3 rings (SSSR count). The number of hydrogen-bond acceptors (Lipinski definition) is 4. The highest BCUT2D eigenvalue weighted by atomic mass is 32.1. The van der Waals surface area contributed by atoms with Gasteiger partial charge in [0, 0.05) is 41.7 Å². The van der Waals surface area contributed by atoms with Crippen LogP contribution in [0, 0.1) is 13.8 Å². The molecule has 1 atom stereocenters. The monoisotopic (exact) mass is 372 g/mol. The molecule has 6 nitrogen and oxygen atoms in total. The molecule has 0 spiro atoms. The van der Waals surface area contributed by atoms with Crippen LogP contribution in [0.4, 0.5) is 16.2 Å². The largest absolute Gasteiger partial charge is 0.337 e. The summed E-state index contributed by atoms with van der Waals surface area (Å²) in [5.74, 6) is 0.156. The summed E-state index contributed by atoms with van der Waals surface area (Å²) in [5.41, 5.74) is 2.63. The van der Waals surface area contributed by atoms with Gasteiger partial charge in [0.2, 0.25) is 5.91 Å². The van der Waals surface area contributed by atoms with Crippen LogP contribution in [-0.2, 0) is 11.2 Å². The molecule has 1 saturated heterocycles. The van der Waals surface area contributed by atoms with Crippen molar-refractivity contribution in [1.29, 1.82) is 0 Å². The van der Waals surface area contributed by atoms with Crippen LogP contribution in [0.5, 0.6) is 0 Å². The lowest BCUT2D eigenvalue weighted by Crippen LogP contribution is -2.31. The van der Waals surface area contributed by atoms with Gasteiger partial charge in [-0.3, -0.25) is 4.79 Å². The molecule has 2 N–H and O–H groups in total. The Labute approximate surface area is 157 Å². The summed E-state index contributed by atoms with van der Waals surface area (Å²) in [6, 6.07) is 7.37. The van der Waals surface area contributed by atoms with Crippen LogP contribution < -0.4 is 15.5 Å². The van der Waals surface area contributed by atoms with Gasteiger partial charge in [-0.2, -0.15) is 0 Å². The van der Waals surface area contributed by atoms with Crippen LogP contribution in [0.25, 0.3) is 0 Å². The molecule has 0 aliphatic carbocycles. The Morgan fingerprint density at radius 1 is 1.31 bits per heavy atom. The molecule has 2 aromatic rings. The summed E-state index contributed by atoms with van der Waals surface area (Å²) < 4.78 is 0. The van der Waals surface area contributed by atoms with Gasteiger partial charge >= 0.3 is 6.03 Å². The summed E-state index contributed by atoms with van der Waals surface area (Å²) in [5, 5.41) is 6.69. The fourth-order valence-electron chi connectivity index (χ4n) is 3.04. The fourth-order valence-corrected chi connectivity index (χ4v) is 3.97. The van der Waals surface area contributed by atoms with Gasteiger partial charge in [-0.05, 0) is 51.5 Å². The molecule has 1 aromatic heterocycles. The van der Waals surface area contributed by atoms with Crippen LogP contribution in [0.1, 0.15) is 35.3 Å². The molecule has 0 bridgehead atoms. The third kappa shape index (κ3) is 4.22. The number of aryl methyl sites for hydroxylation is 2. The summed E-state index contributed by atoms with van der Waals surface area (Å²) in [7, 11) is 0. The number of hydrogen-bond donors (Lipinski definition) is 2. The van der Waals surface area contributed by atoms with E-state index in [0.717, 1.165) is 29.2 Å². The molecule has 0 unspecified atom stereocenters. The molecule has 2 heterocycles. The van der Waals surface area contributed by atoms with Crippen molar-refractivity contribution < 1.29 is 9.59 Å². The van der Waals surface area contributed by atoms with Gasteiger partial charge in [0.15, 0.2) is 0 Å². The van der Waals surface area contributed by atoms with Crippen LogP contribution in [-0.4, -0.2) is 29.5 Å². The molecule has 0 radical (unpaired) electrons. The lowest BCUT2D eigenvalue weighted by atomic mass is 10.2. The van der Waals surface area contributed by atoms with E-state index >= 15 is 0 Å². The van der Waals surface area contributed by atoms with Gasteiger partial charge in [0.1, 0.15) is 0 Å². The van der Waals surface area contributed by atoms with E-state index in [4.69, 9.17) is 0 Å². The van der Waals surface area contributed by atoms with Crippen LogP contribution in [0.3, 0.4) is 0 Å². The predicted octanol–water partition coefficient (Wildman–Crippen LogP) is 3.64. The number of urea groups is 1. The van der Waals surface area contributed by atoms with Crippen molar-refractivity contribution >= 4 is 34.6 Å². The Morgan fingerprint density at radius 2 is 2.04 bits per heavy atom. The zero-order valence-electron chi connectivity index (χ0n) is 15.3. The fraction of sp³-hybridized carbons (Fsp3) is 0.421. The van der Waals surface area contributed by atoms with Crippen molar-refractivity contribution in [1.82, 2.24) is 10.3 Å². The third-order valence-corrected chi connectivity index (χ3v) is 5.72. The van der Waals surface area contributed by atoms with Crippen LogP contribution in [0.15, 0.2) is 24.3 Å². The number of rotatable bonds is 5. The normalized spacial score (nSPS) is 16.8. The number of benzene rings is 1. The first kappa shape index (κ1) is 18.4. The highest BCUT2D eigenvalue weighted by molar-refractivity contribution is 7.11. The molecular formula is C19H24N4O2S. The number of thiazole rings is 1. The second-order valence-electron chi connectivity index (χ2n) is 6.58. The summed E-state index contributed by atoms with van der Waals surface area (Å²) in [6.07, 6.45) is 2.21. The molecule has 0 saturated carbocycles. The van der Waals surface area contributed by atoms with Crippen molar-refractivity contribution in [2.24, 2.45) is 0 Å². The molecule has 1 aliphatic heterocycles. The molecule has 3 amide bonds. The highest BCUT2D eigenvalue weighted by Gasteiger charge is 2.28. The molecule has 138 valence electrons. The molecular weight excluding hydrogens is 348 g/mol. The summed E-state index contributed by atoms with van der Waals surface area (Å²) in [4.78, 5) is 31.5. The second kappa shape index (κ2) is 7.86. The first-order valence-corrected chi connectivity index (χ1v) is 9.65. The molecule has 7 heteroatoms. The number of carbonyl (C=O) groups is 2. The van der Waals surface area contributed by atoms with Crippen molar-refractivity contribution in [3.05, 3.63) is 39.8 Å². The predicted molar refractivity (Wildman–Crippen MR) is 105 cm³/mol. The number of carbonyl (C=O) groups excluding carboxylic acids is 2. The van der Waals surface area contributed by atoms with Gasteiger partial charge in [-0.1, -0.05) is 0 Å². The van der Waals surface area contributed by atoms with E-state index in [1.165, 1.54) is 4.88 Å². The quantitative estimate of drug-likeness (QED) is 0.841. The van der Waals surface area contributed by atoms with Crippen molar-refractivity contribution in [2.75, 3.05) is 16.8 Å². The summed E-state index contributed by atoms with van der Waals surface area (Å²) >= 11 is 1.67. The van der Waals surface area contributed by atoms with Crippen molar-refractivity contribution in [2.45, 2.75) is 46.1 Å². The van der Waals surface area contributed by atoms with Gasteiger partial charge in [0.25, 0.3) is 0 Å². The summed E-state index contributed by atoms with van der Waals surface area (Å²) in [6.45, 7) is 6.64. The zero-order chi connectivity index (χ0) is 18.7. The lowest BCUT2D eigenvalue weighted by molar-refractivity contribution is -0.117. The number of anilines is 2. The Hall–Kier alpha value is -2.41. The van der Waals surface area contributed by atoms with E-state index in [-0.39, 0.29) is 18.0 Å². The Balaban J connectivity index is 1.49. The number of amides is 3. The maximum Gasteiger partial charge on any atom is 0.319 e. The minimum Gasteiger partial charge on any atom is -0.337 e. The molecule has 1 aliphatic rings. The maximum absolute atomic E-state index is 12.0. The molecule has 1 aromatic carbocycles. The van der Waals surface area contributed by atoms with E-state index in [1.54, 1.807) is 11.3 Å². The minimum absolute atomic E-state index is 0.156. The van der Waals surface area contributed by atoms with Crippen molar-refractivity contribution in [3.8, 4) is 0 Å². The minimum atomic E-state index is -0.242. The van der Waals surface area contributed by atoms with Crippen LogP contribution >= 0.6 is 11.3 Å². The average Bonchev–Trinajstić information content (AvgIpc) is 3.10. The van der Waals surface area contributed by atoms with E-state index in [2.05, 4.69) is 29.5 Å². The zero-order valence-corrected chi connectivity index (χ0v) is 16.2. The van der Waals surface area contributed by atoms with E-state index < -0.39 is 0 Å².